The molecule has 1 rings (SSSR count). The minimum absolute atomic E-state index is 0.348. The van der Waals surface area contributed by atoms with E-state index in [0.29, 0.717) is 6.04 Å². The summed E-state index contributed by atoms with van der Waals surface area (Å²) >= 11 is 0. The standard InChI is InChI=1S/C10H22N2/c1-9(11)6-8-12-7-2-3-10-4-5-10/h9-10,12H,2-8,11H2,1H3. The SMILES string of the molecule is CC(N)CCNCCCC1CC1. The summed E-state index contributed by atoms with van der Waals surface area (Å²) in [6.45, 7) is 4.33. The predicted molar refractivity (Wildman–Crippen MR) is 53.1 cm³/mol. The maximum Gasteiger partial charge on any atom is 0.00225 e. The van der Waals surface area contributed by atoms with Crippen LogP contribution in [0, 0.1) is 5.92 Å². The zero-order valence-corrected chi connectivity index (χ0v) is 8.18. The molecular weight excluding hydrogens is 148 g/mol. The first-order valence-electron chi connectivity index (χ1n) is 5.25. The Morgan fingerprint density at radius 3 is 2.75 bits per heavy atom. The van der Waals surface area contributed by atoms with Gasteiger partial charge in [0.1, 0.15) is 0 Å². The summed E-state index contributed by atoms with van der Waals surface area (Å²) in [5.74, 6) is 1.08. The number of hydrogen-bond acceptors (Lipinski definition) is 2. The molecule has 3 N–H and O–H groups in total. The largest absolute Gasteiger partial charge is 0.328 e. The Morgan fingerprint density at radius 1 is 1.42 bits per heavy atom. The average Bonchev–Trinajstić information content (AvgIpc) is 2.79. The third kappa shape index (κ3) is 5.56. The van der Waals surface area contributed by atoms with Crippen molar-refractivity contribution in [2.75, 3.05) is 13.1 Å². The second-order valence-corrected chi connectivity index (χ2v) is 4.10. The maximum atomic E-state index is 5.63. The Labute approximate surface area is 75.9 Å². The maximum absolute atomic E-state index is 5.63. The van der Waals surface area contributed by atoms with Gasteiger partial charge in [0.2, 0.25) is 0 Å². The monoisotopic (exact) mass is 170 g/mol. The summed E-state index contributed by atoms with van der Waals surface area (Å²) in [5.41, 5.74) is 5.63. The van der Waals surface area contributed by atoms with E-state index in [1.165, 1.54) is 32.2 Å². The smallest absolute Gasteiger partial charge is 0.00225 e. The van der Waals surface area contributed by atoms with E-state index in [9.17, 15) is 0 Å². The lowest BCUT2D eigenvalue weighted by molar-refractivity contribution is 0.555. The van der Waals surface area contributed by atoms with Crippen LogP contribution >= 0.6 is 0 Å². The highest BCUT2D eigenvalue weighted by Crippen LogP contribution is 2.33. The van der Waals surface area contributed by atoms with Gasteiger partial charge >= 0.3 is 0 Å². The lowest BCUT2D eigenvalue weighted by Gasteiger charge is -2.06. The second kappa shape index (κ2) is 5.55. The van der Waals surface area contributed by atoms with Crippen molar-refractivity contribution in [3.8, 4) is 0 Å². The molecule has 0 amide bonds. The third-order valence-corrected chi connectivity index (χ3v) is 2.44. The average molecular weight is 170 g/mol. The van der Waals surface area contributed by atoms with Crippen LogP contribution in [-0.4, -0.2) is 19.1 Å². The molecule has 2 nitrogen and oxygen atoms in total. The summed E-state index contributed by atoms with van der Waals surface area (Å²) in [5, 5.41) is 3.42. The van der Waals surface area contributed by atoms with Crippen molar-refractivity contribution in [1.82, 2.24) is 5.32 Å². The summed E-state index contributed by atoms with van der Waals surface area (Å²) in [4.78, 5) is 0. The van der Waals surface area contributed by atoms with Crippen molar-refractivity contribution in [1.29, 1.82) is 0 Å². The van der Waals surface area contributed by atoms with Crippen LogP contribution in [0.1, 0.15) is 39.0 Å². The van der Waals surface area contributed by atoms with Gasteiger partial charge in [-0.15, -0.1) is 0 Å². The molecule has 0 aromatic heterocycles. The van der Waals surface area contributed by atoms with E-state index in [0.717, 1.165) is 18.9 Å². The van der Waals surface area contributed by atoms with Crippen LogP contribution in [0.2, 0.25) is 0 Å². The van der Waals surface area contributed by atoms with E-state index < -0.39 is 0 Å². The Kier molecular flexibility index (Phi) is 4.62. The van der Waals surface area contributed by atoms with Gasteiger partial charge in [-0.3, -0.25) is 0 Å². The number of hydrogen-bond donors (Lipinski definition) is 2. The molecule has 1 unspecified atom stereocenters. The second-order valence-electron chi connectivity index (χ2n) is 4.10. The van der Waals surface area contributed by atoms with Gasteiger partial charge in [-0.25, -0.2) is 0 Å². The van der Waals surface area contributed by atoms with Crippen molar-refractivity contribution in [2.24, 2.45) is 11.7 Å². The summed E-state index contributed by atoms with van der Waals surface area (Å²) in [6, 6.07) is 0.348. The molecule has 1 fully saturated rings. The molecule has 0 spiro atoms. The van der Waals surface area contributed by atoms with Crippen molar-refractivity contribution in [3.05, 3.63) is 0 Å². The van der Waals surface area contributed by atoms with Crippen molar-refractivity contribution >= 4 is 0 Å². The highest BCUT2D eigenvalue weighted by molar-refractivity contribution is 4.72. The van der Waals surface area contributed by atoms with Gasteiger partial charge in [-0.1, -0.05) is 12.8 Å². The van der Waals surface area contributed by atoms with Crippen LogP contribution in [0.3, 0.4) is 0 Å². The topological polar surface area (TPSA) is 38.0 Å². The fourth-order valence-electron chi connectivity index (χ4n) is 1.38. The Hall–Kier alpha value is -0.0800. The first-order valence-corrected chi connectivity index (χ1v) is 5.25. The molecule has 2 heteroatoms. The highest BCUT2D eigenvalue weighted by atomic mass is 14.8. The molecule has 0 bridgehead atoms. The van der Waals surface area contributed by atoms with Crippen LogP contribution in [0.5, 0.6) is 0 Å². The summed E-state index contributed by atoms with van der Waals surface area (Å²) < 4.78 is 0. The van der Waals surface area contributed by atoms with Gasteiger partial charge in [-0.2, -0.15) is 0 Å². The molecule has 0 aromatic carbocycles. The number of nitrogens with two attached hydrogens (primary N) is 1. The lowest BCUT2D eigenvalue weighted by Crippen LogP contribution is -2.24. The number of rotatable bonds is 7. The fraction of sp³-hybridized carbons (Fsp3) is 1.00. The van der Waals surface area contributed by atoms with Gasteiger partial charge in [-0.05, 0) is 45.2 Å². The molecule has 0 aromatic rings. The zero-order valence-electron chi connectivity index (χ0n) is 8.18. The van der Waals surface area contributed by atoms with E-state index >= 15 is 0 Å². The van der Waals surface area contributed by atoms with Crippen molar-refractivity contribution in [2.45, 2.75) is 45.1 Å². The lowest BCUT2D eigenvalue weighted by atomic mass is 10.2. The van der Waals surface area contributed by atoms with Crippen molar-refractivity contribution in [3.63, 3.8) is 0 Å². The molecule has 1 aliphatic rings. The quantitative estimate of drug-likeness (QED) is 0.568. The van der Waals surface area contributed by atoms with Gasteiger partial charge in [0.05, 0.1) is 0 Å². The predicted octanol–water partition coefficient (Wildman–Crippen LogP) is 1.50. The van der Waals surface area contributed by atoms with E-state index in [1.54, 1.807) is 0 Å². The molecule has 72 valence electrons. The first-order chi connectivity index (χ1) is 5.79. The Balaban J connectivity index is 1.70. The van der Waals surface area contributed by atoms with Crippen LogP contribution < -0.4 is 11.1 Å². The highest BCUT2D eigenvalue weighted by Gasteiger charge is 2.19. The third-order valence-electron chi connectivity index (χ3n) is 2.44. The number of nitrogens with one attached hydrogen (secondary N) is 1. The molecule has 0 radical (unpaired) electrons. The molecule has 1 saturated carbocycles. The van der Waals surface area contributed by atoms with E-state index in [1.807, 2.05) is 0 Å². The van der Waals surface area contributed by atoms with Gasteiger partial charge in [0.25, 0.3) is 0 Å². The summed E-state index contributed by atoms with van der Waals surface area (Å²) in [6.07, 6.45) is 6.86. The van der Waals surface area contributed by atoms with Crippen LogP contribution in [0.4, 0.5) is 0 Å². The van der Waals surface area contributed by atoms with Gasteiger partial charge in [0.15, 0.2) is 0 Å². The van der Waals surface area contributed by atoms with E-state index in [2.05, 4.69) is 12.2 Å². The molecule has 0 saturated heterocycles. The molecule has 1 aliphatic carbocycles. The fourth-order valence-corrected chi connectivity index (χ4v) is 1.38. The zero-order chi connectivity index (χ0) is 8.81. The molecule has 0 heterocycles. The van der Waals surface area contributed by atoms with Gasteiger partial charge in [0, 0.05) is 6.04 Å². The van der Waals surface area contributed by atoms with E-state index in [-0.39, 0.29) is 0 Å². The normalized spacial score (nSPS) is 19.5. The van der Waals surface area contributed by atoms with E-state index in [4.69, 9.17) is 5.73 Å². The first kappa shape index (κ1) is 10.0. The Morgan fingerprint density at radius 2 is 2.17 bits per heavy atom. The van der Waals surface area contributed by atoms with Crippen LogP contribution in [0.25, 0.3) is 0 Å². The Bertz CT molecular complexity index is 102. The van der Waals surface area contributed by atoms with Crippen LogP contribution in [0.15, 0.2) is 0 Å². The van der Waals surface area contributed by atoms with Gasteiger partial charge < -0.3 is 11.1 Å². The molecule has 12 heavy (non-hydrogen) atoms. The molecule has 0 aliphatic heterocycles. The summed E-state index contributed by atoms with van der Waals surface area (Å²) in [7, 11) is 0. The molecule has 1 atom stereocenters. The van der Waals surface area contributed by atoms with Crippen molar-refractivity contribution < 1.29 is 0 Å². The molecular formula is C10H22N2. The minimum atomic E-state index is 0.348. The van der Waals surface area contributed by atoms with Crippen LogP contribution in [-0.2, 0) is 0 Å². The minimum Gasteiger partial charge on any atom is -0.328 e.